The number of aliphatic imine (C=N–C) groups is 1. The van der Waals surface area contributed by atoms with E-state index in [1.807, 2.05) is 24.4 Å². The lowest BCUT2D eigenvalue weighted by Crippen LogP contribution is -2.48. The number of rotatable bonds is 8. The number of piperidine rings is 1. The van der Waals surface area contributed by atoms with Crippen molar-refractivity contribution in [3.63, 3.8) is 0 Å². The largest absolute Gasteiger partial charge is 0.497 e. The first-order valence-corrected chi connectivity index (χ1v) is 10.3. The van der Waals surface area contributed by atoms with Crippen LogP contribution < -0.4 is 20.1 Å². The molecule has 1 fully saturated rings. The first-order chi connectivity index (χ1) is 15.1. The highest BCUT2D eigenvalue weighted by molar-refractivity contribution is 5.80. The number of nitrogens with zero attached hydrogens (tertiary/aromatic N) is 3. The van der Waals surface area contributed by atoms with E-state index in [1.165, 1.54) is 13.2 Å². The number of methoxy groups -OCH3 is 1. The molecular formula is C22H29F2N5O2. The van der Waals surface area contributed by atoms with Crippen LogP contribution in [0.25, 0.3) is 0 Å². The summed E-state index contributed by atoms with van der Waals surface area (Å²) in [5, 5.41) is 6.61. The molecule has 0 radical (unpaired) electrons. The third-order valence-electron chi connectivity index (χ3n) is 5.20. The zero-order valence-electron chi connectivity index (χ0n) is 17.9. The molecule has 0 unspecified atom stereocenters. The van der Waals surface area contributed by atoms with E-state index in [9.17, 15) is 8.78 Å². The normalized spacial score (nSPS) is 15.7. The molecule has 1 aromatic carbocycles. The van der Waals surface area contributed by atoms with Crippen LogP contribution in [0, 0.1) is 0 Å². The van der Waals surface area contributed by atoms with Crippen LogP contribution in [0.4, 0.5) is 8.78 Å². The number of pyridine rings is 1. The van der Waals surface area contributed by atoms with Crippen molar-refractivity contribution < 1.29 is 18.3 Å². The Hall–Kier alpha value is -2.94. The fourth-order valence-electron chi connectivity index (χ4n) is 3.54. The van der Waals surface area contributed by atoms with E-state index in [2.05, 4.69) is 30.2 Å². The quantitative estimate of drug-likeness (QED) is 0.493. The van der Waals surface area contributed by atoms with Crippen LogP contribution in [-0.4, -0.2) is 55.7 Å². The van der Waals surface area contributed by atoms with Gasteiger partial charge < -0.3 is 20.1 Å². The second-order valence-corrected chi connectivity index (χ2v) is 7.29. The van der Waals surface area contributed by atoms with E-state index in [0.29, 0.717) is 29.9 Å². The lowest BCUT2D eigenvalue weighted by Gasteiger charge is -2.32. The van der Waals surface area contributed by atoms with Gasteiger partial charge in [-0.15, -0.1) is 0 Å². The second-order valence-electron chi connectivity index (χ2n) is 7.29. The second kappa shape index (κ2) is 11.5. The van der Waals surface area contributed by atoms with Gasteiger partial charge >= 0.3 is 6.61 Å². The monoisotopic (exact) mass is 433 g/mol. The minimum absolute atomic E-state index is 0.0835. The van der Waals surface area contributed by atoms with Crippen LogP contribution >= 0.6 is 0 Å². The van der Waals surface area contributed by atoms with Crippen molar-refractivity contribution in [1.29, 1.82) is 0 Å². The van der Waals surface area contributed by atoms with Crippen molar-refractivity contribution in [3.05, 3.63) is 53.9 Å². The smallest absolute Gasteiger partial charge is 0.387 e. The van der Waals surface area contributed by atoms with E-state index in [1.54, 1.807) is 19.2 Å². The fourth-order valence-corrected chi connectivity index (χ4v) is 3.54. The summed E-state index contributed by atoms with van der Waals surface area (Å²) in [7, 11) is 3.17. The first-order valence-electron chi connectivity index (χ1n) is 10.3. The summed E-state index contributed by atoms with van der Waals surface area (Å²) < 4.78 is 35.2. The van der Waals surface area contributed by atoms with Crippen LogP contribution in [0.15, 0.2) is 47.6 Å². The third kappa shape index (κ3) is 7.06. The zero-order valence-corrected chi connectivity index (χ0v) is 17.9. The number of halogens is 2. The van der Waals surface area contributed by atoms with Crippen LogP contribution in [-0.2, 0) is 13.1 Å². The summed E-state index contributed by atoms with van der Waals surface area (Å²) >= 11 is 0. The summed E-state index contributed by atoms with van der Waals surface area (Å²) in [6, 6.07) is 11.1. The number of aromatic nitrogens is 1. The maximum absolute atomic E-state index is 12.8. The van der Waals surface area contributed by atoms with Crippen LogP contribution in [0.2, 0.25) is 0 Å². The molecule has 2 aromatic rings. The predicted octanol–water partition coefficient (Wildman–Crippen LogP) is 3.02. The van der Waals surface area contributed by atoms with Gasteiger partial charge in [0.05, 0.1) is 12.8 Å². The Bertz CT molecular complexity index is 843. The molecule has 0 amide bonds. The number of benzene rings is 1. The van der Waals surface area contributed by atoms with Gasteiger partial charge in [-0.05, 0) is 37.1 Å². The number of hydrogen-bond donors (Lipinski definition) is 2. The lowest BCUT2D eigenvalue weighted by molar-refractivity contribution is -0.0505. The molecule has 1 saturated heterocycles. The number of ether oxygens (including phenoxy) is 2. The molecule has 0 saturated carbocycles. The van der Waals surface area contributed by atoms with Crippen LogP contribution in [0.3, 0.4) is 0 Å². The van der Waals surface area contributed by atoms with Crippen molar-refractivity contribution in [2.24, 2.45) is 4.99 Å². The minimum Gasteiger partial charge on any atom is -0.497 e. The van der Waals surface area contributed by atoms with E-state index in [4.69, 9.17) is 4.74 Å². The highest BCUT2D eigenvalue weighted by atomic mass is 19.3. The molecule has 1 aliphatic heterocycles. The Morgan fingerprint density at radius 2 is 2.06 bits per heavy atom. The molecule has 2 N–H and O–H groups in total. The topological polar surface area (TPSA) is 71.0 Å². The van der Waals surface area contributed by atoms with E-state index in [-0.39, 0.29) is 5.75 Å². The highest BCUT2D eigenvalue weighted by Gasteiger charge is 2.20. The van der Waals surface area contributed by atoms with Crippen LogP contribution in [0.1, 0.15) is 24.1 Å². The van der Waals surface area contributed by atoms with E-state index >= 15 is 0 Å². The van der Waals surface area contributed by atoms with Gasteiger partial charge in [0.15, 0.2) is 5.96 Å². The Labute approximate surface area is 181 Å². The van der Waals surface area contributed by atoms with Crippen molar-refractivity contribution in [1.82, 2.24) is 20.5 Å². The van der Waals surface area contributed by atoms with E-state index < -0.39 is 6.61 Å². The summed E-state index contributed by atoms with van der Waals surface area (Å²) in [6.07, 6.45) is 3.78. The highest BCUT2D eigenvalue weighted by Crippen LogP contribution is 2.26. The Kier molecular flexibility index (Phi) is 8.40. The first kappa shape index (κ1) is 22.7. The van der Waals surface area contributed by atoms with Crippen molar-refractivity contribution in [2.75, 3.05) is 27.2 Å². The fraction of sp³-hybridized carbons (Fsp3) is 0.455. The summed E-state index contributed by atoms with van der Waals surface area (Å²) in [4.78, 5) is 11.0. The number of guanidine groups is 1. The van der Waals surface area contributed by atoms with Gasteiger partial charge in [-0.2, -0.15) is 8.78 Å². The van der Waals surface area contributed by atoms with E-state index in [0.717, 1.165) is 38.2 Å². The Morgan fingerprint density at radius 1 is 1.26 bits per heavy atom. The average Bonchev–Trinajstić information content (AvgIpc) is 2.78. The number of hydrogen-bond acceptors (Lipinski definition) is 5. The standard InChI is InChI=1S/C22H29F2N5O2/c1-25-22(27-14-16-6-7-19(30-2)13-20(16)31-21(23)24)28-17-8-11-29(12-9-17)15-18-5-3-4-10-26-18/h3-7,10,13,17,21H,8-9,11-12,14-15H2,1-2H3,(H2,25,27,28). The van der Waals surface area contributed by atoms with Gasteiger partial charge in [0.25, 0.3) is 0 Å². The molecule has 1 aliphatic rings. The SMILES string of the molecule is CN=C(NCc1ccc(OC)cc1OC(F)F)NC1CCN(Cc2ccccn2)CC1. The van der Waals surface area contributed by atoms with Crippen LogP contribution in [0.5, 0.6) is 11.5 Å². The van der Waals surface area contributed by atoms with Gasteiger partial charge in [-0.3, -0.25) is 14.9 Å². The molecule has 7 nitrogen and oxygen atoms in total. The van der Waals surface area contributed by atoms with Crippen molar-refractivity contribution in [2.45, 2.75) is 38.6 Å². The molecule has 3 rings (SSSR count). The van der Waals surface area contributed by atoms with Crippen molar-refractivity contribution in [3.8, 4) is 11.5 Å². The maximum Gasteiger partial charge on any atom is 0.387 e. The zero-order chi connectivity index (χ0) is 22.1. The Balaban J connectivity index is 1.49. The molecule has 0 spiro atoms. The molecule has 1 aromatic heterocycles. The predicted molar refractivity (Wildman–Crippen MR) is 115 cm³/mol. The average molecular weight is 434 g/mol. The van der Waals surface area contributed by atoms with Gasteiger partial charge in [0, 0.05) is 57.1 Å². The molecule has 0 bridgehead atoms. The third-order valence-corrected chi connectivity index (χ3v) is 5.20. The molecule has 168 valence electrons. The molecule has 0 atom stereocenters. The minimum atomic E-state index is -2.90. The van der Waals surface area contributed by atoms with Gasteiger partial charge in [0.1, 0.15) is 11.5 Å². The molecule has 2 heterocycles. The summed E-state index contributed by atoms with van der Waals surface area (Å²) in [6.45, 7) is 0.181. The maximum atomic E-state index is 12.8. The summed E-state index contributed by atoms with van der Waals surface area (Å²) in [5.74, 6) is 1.17. The summed E-state index contributed by atoms with van der Waals surface area (Å²) in [5.41, 5.74) is 1.67. The van der Waals surface area contributed by atoms with Gasteiger partial charge in [0.2, 0.25) is 0 Å². The van der Waals surface area contributed by atoms with Gasteiger partial charge in [-0.25, -0.2) is 0 Å². The number of nitrogens with one attached hydrogen (secondary N) is 2. The van der Waals surface area contributed by atoms with Gasteiger partial charge in [-0.1, -0.05) is 6.07 Å². The number of likely N-dealkylation sites (tertiary alicyclic amines) is 1. The molecule has 31 heavy (non-hydrogen) atoms. The molecule has 9 heteroatoms. The van der Waals surface area contributed by atoms with Crippen molar-refractivity contribution >= 4 is 5.96 Å². The number of alkyl halides is 2. The molecule has 0 aliphatic carbocycles. The Morgan fingerprint density at radius 3 is 2.71 bits per heavy atom. The molecular weight excluding hydrogens is 404 g/mol. The lowest BCUT2D eigenvalue weighted by atomic mass is 10.0.